The van der Waals surface area contributed by atoms with Crippen LogP contribution in [0, 0.1) is 15.5 Å². The molecule has 5 nitrogen and oxygen atoms in total. The van der Waals surface area contributed by atoms with E-state index in [4.69, 9.17) is 5.73 Å². The smallest absolute Gasteiger partial charge is 0.272 e. The summed E-state index contributed by atoms with van der Waals surface area (Å²) in [7, 11) is 0. The van der Waals surface area contributed by atoms with E-state index in [1.54, 1.807) is 18.2 Å². The maximum atomic E-state index is 10.9. The predicted molar refractivity (Wildman–Crippen MR) is 59.0 cm³/mol. The molecule has 0 amide bonds. The molecule has 0 radical (unpaired) electrons. The van der Waals surface area contributed by atoms with Crippen LogP contribution in [-0.4, -0.2) is 23.2 Å². The third-order valence-corrected chi connectivity index (χ3v) is 3.42. The average molecular weight is 222 g/mol. The molecular formula is C11H14N2O3. The van der Waals surface area contributed by atoms with Crippen molar-refractivity contribution in [1.29, 1.82) is 0 Å². The lowest BCUT2D eigenvalue weighted by atomic mass is 9.99. The second kappa shape index (κ2) is 3.84. The van der Waals surface area contributed by atoms with Crippen LogP contribution < -0.4 is 5.73 Å². The summed E-state index contributed by atoms with van der Waals surface area (Å²) in [6, 6.07) is 6.66. The SMILES string of the molecule is NCC1(CO)CC1c1ccccc1[N+](=O)[O-]. The van der Waals surface area contributed by atoms with Gasteiger partial charge in [-0.2, -0.15) is 0 Å². The summed E-state index contributed by atoms with van der Waals surface area (Å²) in [5, 5.41) is 20.1. The summed E-state index contributed by atoms with van der Waals surface area (Å²) in [6.45, 7) is 0.348. The number of nitro benzene ring substituents is 1. The minimum atomic E-state index is -0.383. The van der Waals surface area contributed by atoms with Gasteiger partial charge in [0.15, 0.2) is 0 Å². The Morgan fingerprint density at radius 3 is 2.75 bits per heavy atom. The maximum absolute atomic E-state index is 10.9. The van der Waals surface area contributed by atoms with Crippen molar-refractivity contribution in [3.05, 3.63) is 39.9 Å². The lowest BCUT2D eigenvalue weighted by Crippen LogP contribution is -2.21. The molecule has 0 bridgehead atoms. The molecule has 1 fully saturated rings. The van der Waals surface area contributed by atoms with Crippen molar-refractivity contribution in [2.45, 2.75) is 12.3 Å². The summed E-state index contributed by atoms with van der Waals surface area (Å²) in [6.07, 6.45) is 0.727. The van der Waals surface area contributed by atoms with Crippen LogP contribution in [0.5, 0.6) is 0 Å². The number of hydrogen-bond donors (Lipinski definition) is 2. The highest BCUT2D eigenvalue weighted by atomic mass is 16.6. The van der Waals surface area contributed by atoms with Gasteiger partial charge in [0.2, 0.25) is 0 Å². The van der Waals surface area contributed by atoms with Gasteiger partial charge in [0.1, 0.15) is 0 Å². The van der Waals surface area contributed by atoms with Crippen molar-refractivity contribution in [1.82, 2.24) is 0 Å². The Balaban J connectivity index is 2.33. The molecule has 1 aromatic rings. The van der Waals surface area contributed by atoms with E-state index in [2.05, 4.69) is 0 Å². The first-order valence-corrected chi connectivity index (χ1v) is 5.19. The molecule has 1 aliphatic carbocycles. The first kappa shape index (κ1) is 11.0. The van der Waals surface area contributed by atoms with E-state index in [1.165, 1.54) is 6.07 Å². The van der Waals surface area contributed by atoms with Crippen molar-refractivity contribution < 1.29 is 10.0 Å². The zero-order valence-corrected chi connectivity index (χ0v) is 8.80. The molecule has 1 aromatic carbocycles. The van der Waals surface area contributed by atoms with Crippen molar-refractivity contribution in [2.24, 2.45) is 11.1 Å². The Hall–Kier alpha value is -1.46. The van der Waals surface area contributed by atoms with Gasteiger partial charge in [0, 0.05) is 29.5 Å². The van der Waals surface area contributed by atoms with E-state index >= 15 is 0 Å². The molecule has 0 spiro atoms. The summed E-state index contributed by atoms with van der Waals surface area (Å²) >= 11 is 0. The van der Waals surface area contributed by atoms with Gasteiger partial charge < -0.3 is 10.8 Å². The molecule has 0 aromatic heterocycles. The minimum Gasteiger partial charge on any atom is -0.396 e. The van der Waals surface area contributed by atoms with Crippen LogP contribution in [0.4, 0.5) is 5.69 Å². The van der Waals surface area contributed by atoms with Gasteiger partial charge >= 0.3 is 0 Å². The number of nitrogens with zero attached hydrogens (tertiary/aromatic N) is 1. The van der Waals surface area contributed by atoms with E-state index in [0.717, 1.165) is 6.42 Å². The molecule has 16 heavy (non-hydrogen) atoms. The second-order valence-electron chi connectivity index (χ2n) is 4.30. The maximum Gasteiger partial charge on any atom is 0.272 e. The highest BCUT2D eigenvalue weighted by molar-refractivity contribution is 5.46. The number of nitrogens with two attached hydrogens (primary N) is 1. The summed E-state index contributed by atoms with van der Waals surface area (Å²) < 4.78 is 0. The van der Waals surface area contributed by atoms with E-state index < -0.39 is 0 Å². The largest absolute Gasteiger partial charge is 0.396 e. The van der Waals surface area contributed by atoms with Crippen LogP contribution in [0.15, 0.2) is 24.3 Å². The fourth-order valence-electron chi connectivity index (χ4n) is 2.20. The molecule has 0 saturated heterocycles. The molecule has 2 unspecified atom stereocenters. The summed E-state index contributed by atoms with van der Waals surface area (Å²) in [4.78, 5) is 10.5. The number of para-hydroxylation sites is 1. The third-order valence-electron chi connectivity index (χ3n) is 3.42. The number of benzene rings is 1. The zero-order chi connectivity index (χ0) is 11.8. The quantitative estimate of drug-likeness (QED) is 0.588. The molecule has 1 saturated carbocycles. The highest BCUT2D eigenvalue weighted by Gasteiger charge is 2.55. The number of aliphatic hydroxyl groups is 1. The van der Waals surface area contributed by atoms with Crippen LogP contribution in [0.3, 0.4) is 0 Å². The van der Waals surface area contributed by atoms with Gasteiger partial charge in [-0.15, -0.1) is 0 Å². The van der Waals surface area contributed by atoms with Crippen molar-refractivity contribution in [3.8, 4) is 0 Å². The number of nitro groups is 1. The molecular weight excluding hydrogens is 208 g/mol. The van der Waals surface area contributed by atoms with Crippen molar-refractivity contribution in [3.63, 3.8) is 0 Å². The minimum absolute atomic E-state index is 0.0137. The Kier molecular flexibility index (Phi) is 2.65. The molecule has 0 heterocycles. The van der Waals surface area contributed by atoms with Crippen molar-refractivity contribution in [2.75, 3.05) is 13.2 Å². The molecule has 5 heteroatoms. The molecule has 2 atom stereocenters. The van der Waals surface area contributed by atoms with Gasteiger partial charge in [-0.1, -0.05) is 18.2 Å². The number of rotatable bonds is 4. The first-order chi connectivity index (χ1) is 7.64. The van der Waals surface area contributed by atoms with Gasteiger partial charge in [-0.3, -0.25) is 10.1 Å². The molecule has 0 aliphatic heterocycles. The summed E-state index contributed by atoms with van der Waals surface area (Å²) in [5.41, 5.74) is 6.07. The lowest BCUT2D eigenvalue weighted by Gasteiger charge is -2.10. The van der Waals surface area contributed by atoms with Crippen LogP contribution in [-0.2, 0) is 0 Å². The average Bonchev–Trinajstić information content (AvgIpc) is 3.04. The fourth-order valence-corrected chi connectivity index (χ4v) is 2.20. The lowest BCUT2D eigenvalue weighted by molar-refractivity contribution is -0.385. The fraction of sp³-hybridized carbons (Fsp3) is 0.455. The van der Waals surface area contributed by atoms with E-state index in [-0.39, 0.29) is 28.6 Å². The van der Waals surface area contributed by atoms with Crippen LogP contribution in [0.1, 0.15) is 17.9 Å². The molecule has 3 N–H and O–H groups in total. The third kappa shape index (κ3) is 1.58. The normalized spacial score (nSPS) is 27.8. The first-order valence-electron chi connectivity index (χ1n) is 5.19. The van der Waals surface area contributed by atoms with Gasteiger partial charge in [0.05, 0.1) is 11.5 Å². The van der Waals surface area contributed by atoms with E-state index in [0.29, 0.717) is 12.1 Å². The Labute approximate surface area is 93.0 Å². The van der Waals surface area contributed by atoms with E-state index in [9.17, 15) is 15.2 Å². The second-order valence-corrected chi connectivity index (χ2v) is 4.30. The highest BCUT2D eigenvalue weighted by Crippen LogP contribution is 2.59. The van der Waals surface area contributed by atoms with Crippen LogP contribution >= 0.6 is 0 Å². The van der Waals surface area contributed by atoms with E-state index in [1.807, 2.05) is 0 Å². The molecule has 2 rings (SSSR count). The van der Waals surface area contributed by atoms with Crippen molar-refractivity contribution >= 4 is 5.69 Å². The number of hydrogen-bond acceptors (Lipinski definition) is 4. The van der Waals surface area contributed by atoms with Crippen LogP contribution in [0.2, 0.25) is 0 Å². The van der Waals surface area contributed by atoms with Gasteiger partial charge in [0.25, 0.3) is 5.69 Å². The standard InChI is InChI=1S/C11H14N2O3/c12-6-11(7-14)5-9(11)8-3-1-2-4-10(8)13(15)16/h1-4,9,14H,5-7,12H2. The molecule has 1 aliphatic rings. The Morgan fingerprint density at radius 2 is 2.25 bits per heavy atom. The zero-order valence-electron chi connectivity index (χ0n) is 8.80. The number of aliphatic hydroxyl groups excluding tert-OH is 1. The van der Waals surface area contributed by atoms with Gasteiger partial charge in [-0.05, 0) is 6.42 Å². The van der Waals surface area contributed by atoms with Crippen LogP contribution in [0.25, 0.3) is 0 Å². The van der Waals surface area contributed by atoms with Gasteiger partial charge in [-0.25, -0.2) is 0 Å². The monoisotopic (exact) mass is 222 g/mol. The Morgan fingerprint density at radius 1 is 1.56 bits per heavy atom. The summed E-state index contributed by atoms with van der Waals surface area (Å²) in [5.74, 6) is 0.0177. The Bertz CT molecular complexity index is 415. The predicted octanol–water partition coefficient (Wildman–Crippen LogP) is 1.02. The molecule has 86 valence electrons. The topological polar surface area (TPSA) is 89.4 Å².